The number of benzene rings is 2. The zero-order valence-corrected chi connectivity index (χ0v) is 20.2. The molecule has 2 N–H and O–H groups in total. The lowest BCUT2D eigenvalue weighted by Crippen LogP contribution is -2.56. The molecule has 2 aromatic heterocycles. The van der Waals surface area contributed by atoms with Gasteiger partial charge in [-0.15, -0.1) is 0 Å². The van der Waals surface area contributed by atoms with Crippen LogP contribution >= 0.6 is 0 Å². The van der Waals surface area contributed by atoms with Gasteiger partial charge in [0.1, 0.15) is 5.69 Å². The fourth-order valence-electron chi connectivity index (χ4n) is 4.58. The fourth-order valence-corrected chi connectivity index (χ4v) is 4.58. The van der Waals surface area contributed by atoms with E-state index < -0.39 is 11.7 Å². The van der Waals surface area contributed by atoms with Crippen LogP contribution in [-0.4, -0.2) is 68.9 Å². The molecule has 186 valence electrons. The van der Waals surface area contributed by atoms with Gasteiger partial charge in [-0.1, -0.05) is 36.4 Å². The first-order valence-corrected chi connectivity index (χ1v) is 12.0. The van der Waals surface area contributed by atoms with Crippen molar-refractivity contribution in [2.24, 2.45) is 0 Å². The van der Waals surface area contributed by atoms with Gasteiger partial charge in [0.25, 0.3) is 23.5 Å². The number of H-pyrrole nitrogens is 1. The number of aromatic nitrogens is 2. The Labute approximate surface area is 213 Å². The summed E-state index contributed by atoms with van der Waals surface area (Å²) in [6.45, 7) is 2.77. The number of carbonyl (C=O) groups is 4. The second-order valence-electron chi connectivity index (χ2n) is 8.89. The third kappa shape index (κ3) is 4.71. The maximum absolute atomic E-state index is 13.3. The van der Waals surface area contributed by atoms with E-state index in [1.54, 1.807) is 53.4 Å². The molecule has 5 rings (SSSR count). The maximum atomic E-state index is 13.3. The Morgan fingerprint density at radius 3 is 2.46 bits per heavy atom. The molecule has 4 aromatic rings. The van der Waals surface area contributed by atoms with Crippen molar-refractivity contribution in [1.29, 1.82) is 0 Å². The van der Waals surface area contributed by atoms with Gasteiger partial charge in [0.15, 0.2) is 0 Å². The Morgan fingerprint density at radius 1 is 0.946 bits per heavy atom. The molecule has 1 aliphatic heterocycles. The summed E-state index contributed by atoms with van der Waals surface area (Å²) in [7, 11) is 0. The molecule has 3 amide bonds. The van der Waals surface area contributed by atoms with Crippen molar-refractivity contribution in [1.82, 2.24) is 19.8 Å². The van der Waals surface area contributed by atoms with Gasteiger partial charge in [-0.3, -0.25) is 24.2 Å². The average Bonchev–Trinajstić information content (AvgIpc) is 3.38. The van der Waals surface area contributed by atoms with Crippen LogP contribution in [0.4, 0.5) is 5.69 Å². The second-order valence-corrected chi connectivity index (χ2v) is 8.89. The minimum Gasteiger partial charge on any atom is -0.359 e. The summed E-state index contributed by atoms with van der Waals surface area (Å²) in [5.74, 6) is -1.75. The lowest BCUT2D eigenvalue weighted by atomic mass is 10.1. The van der Waals surface area contributed by atoms with Gasteiger partial charge in [0.05, 0.1) is 16.8 Å². The SMILES string of the molecule is C[C@@H]1CN(C(=O)c2ccccc2)CCN1C(=O)C(=O)c1c[nH]c2c(NC(=O)c3ccccn3)cccc12. The lowest BCUT2D eigenvalue weighted by Gasteiger charge is -2.39. The number of amides is 3. The lowest BCUT2D eigenvalue weighted by molar-refractivity contribution is -0.130. The molecule has 9 nitrogen and oxygen atoms in total. The molecule has 2 aromatic carbocycles. The van der Waals surface area contributed by atoms with E-state index in [0.717, 1.165) is 0 Å². The van der Waals surface area contributed by atoms with E-state index in [-0.39, 0.29) is 35.7 Å². The molecular formula is C28H25N5O4. The van der Waals surface area contributed by atoms with Crippen LogP contribution in [0.25, 0.3) is 10.9 Å². The third-order valence-corrected chi connectivity index (χ3v) is 6.50. The Balaban J connectivity index is 1.31. The Bertz CT molecular complexity index is 1480. The van der Waals surface area contributed by atoms with Crippen LogP contribution < -0.4 is 5.32 Å². The molecule has 3 heterocycles. The Kier molecular flexibility index (Phi) is 6.51. The highest BCUT2D eigenvalue weighted by Gasteiger charge is 2.34. The summed E-state index contributed by atoms with van der Waals surface area (Å²) in [6.07, 6.45) is 3.02. The number of piperazine rings is 1. The monoisotopic (exact) mass is 495 g/mol. The first-order chi connectivity index (χ1) is 17.9. The summed E-state index contributed by atoms with van der Waals surface area (Å²) in [4.78, 5) is 62.2. The summed E-state index contributed by atoms with van der Waals surface area (Å²) in [5.41, 5.74) is 2.09. The van der Waals surface area contributed by atoms with E-state index in [1.807, 2.05) is 25.1 Å². The Hall–Kier alpha value is -4.79. The zero-order chi connectivity index (χ0) is 25.9. The number of hydrogen-bond donors (Lipinski definition) is 2. The molecule has 0 spiro atoms. The van der Waals surface area contributed by atoms with Crippen LogP contribution in [0.3, 0.4) is 0 Å². The van der Waals surface area contributed by atoms with Gasteiger partial charge >= 0.3 is 0 Å². The van der Waals surface area contributed by atoms with Crippen LogP contribution in [0.1, 0.15) is 38.1 Å². The van der Waals surface area contributed by atoms with E-state index in [9.17, 15) is 19.2 Å². The summed E-state index contributed by atoms with van der Waals surface area (Å²) in [5, 5.41) is 3.34. The van der Waals surface area contributed by atoms with Crippen molar-refractivity contribution >= 4 is 40.1 Å². The van der Waals surface area contributed by atoms with Crippen LogP contribution in [0, 0.1) is 0 Å². The van der Waals surface area contributed by atoms with Gasteiger partial charge in [-0.25, -0.2) is 0 Å². The van der Waals surface area contributed by atoms with Crippen molar-refractivity contribution in [2.45, 2.75) is 13.0 Å². The molecule has 0 radical (unpaired) electrons. The molecule has 9 heteroatoms. The molecule has 1 aliphatic rings. The van der Waals surface area contributed by atoms with Crippen LogP contribution in [-0.2, 0) is 4.79 Å². The number of ketones is 1. The normalized spacial score (nSPS) is 15.4. The maximum Gasteiger partial charge on any atom is 0.295 e. The largest absolute Gasteiger partial charge is 0.359 e. The summed E-state index contributed by atoms with van der Waals surface area (Å²) in [6, 6.07) is 18.9. The van der Waals surface area contributed by atoms with E-state index in [2.05, 4.69) is 15.3 Å². The zero-order valence-electron chi connectivity index (χ0n) is 20.2. The van der Waals surface area contributed by atoms with Gasteiger partial charge in [0.2, 0.25) is 0 Å². The highest BCUT2D eigenvalue weighted by atomic mass is 16.2. The van der Waals surface area contributed by atoms with Gasteiger partial charge in [-0.2, -0.15) is 0 Å². The average molecular weight is 496 g/mol. The van der Waals surface area contributed by atoms with Crippen molar-refractivity contribution in [3.05, 3.63) is 95.9 Å². The van der Waals surface area contributed by atoms with E-state index in [4.69, 9.17) is 0 Å². The number of Topliss-reactive ketones (excluding diaryl/α,β-unsaturated/α-hetero) is 1. The van der Waals surface area contributed by atoms with Crippen molar-refractivity contribution in [3.63, 3.8) is 0 Å². The summed E-state index contributed by atoms with van der Waals surface area (Å²) >= 11 is 0. The van der Waals surface area contributed by atoms with Gasteiger partial charge in [-0.05, 0) is 37.3 Å². The number of nitrogens with zero attached hydrogens (tertiary/aromatic N) is 3. The van der Waals surface area contributed by atoms with Crippen molar-refractivity contribution in [2.75, 3.05) is 25.0 Å². The predicted molar refractivity (Wildman–Crippen MR) is 138 cm³/mol. The van der Waals surface area contributed by atoms with Crippen molar-refractivity contribution < 1.29 is 19.2 Å². The number of carbonyl (C=O) groups excluding carboxylic acids is 4. The first kappa shape index (κ1) is 23.9. The highest BCUT2D eigenvalue weighted by molar-refractivity contribution is 6.45. The number of rotatable bonds is 5. The second kappa shape index (κ2) is 10.1. The predicted octanol–water partition coefficient (Wildman–Crippen LogP) is 3.37. The van der Waals surface area contributed by atoms with Crippen LogP contribution in [0.2, 0.25) is 0 Å². The number of para-hydroxylation sites is 1. The molecule has 1 atom stereocenters. The molecule has 37 heavy (non-hydrogen) atoms. The Morgan fingerprint density at radius 2 is 1.73 bits per heavy atom. The number of fused-ring (bicyclic) bond motifs is 1. The molecule has 1 fully saturated rings. The van der Waals surface area contributed by atoms with E-state index >= 15 is 0 Å². The number of hydrogen-bond acceptors (Lipinski definition) is 5. The van der Waals surface area contributed by atoms with Crippen LogP contribution in [0.5, 0.6) is 0 Å². The van der Waals surface area contributed by atoms with E-state index in [1.165, 1.54) is 17.3 Å². The third-order valence-electron chi connectivity index (χ3n) is 6.50. The van der Waals surface area contributed by atoms with Gasteiger partial charge in [0, 0.05) is 49.0 Å². The van der Waals surface area contributed by atoms with Gasteiger partial charge < -0.3 is 20.1 Å². The molecule has 0 unspecified atom stereocenters. The minimum absolute atomic E-state index is 0.0946. The fraction of sp³-hybridized carbons (Fsp3) is 0.179. The van der Waals surface area contributed by atoms with Crippen molar-refractivity contribution in [3.8, 4) is 0 Å². The first-order valence-electron chi connectivity index (χ1n) is 12.0. The summed E-state index contributed by atoms with van der Waals surface area (Å²) < 4.78 is 0. The highest BCUT2D eigenvalue weighted by Crippen LogP contribution is 2.27. The molecular weight excluding hydrogens is 470 g/mol. The molecule has 1 saturated heterocycles. The molecule has 0 bridgehead atoms. The number of pyridine rings is 1. The number of aromatic amines is 1. The van der Waals surface area contributed by atoms with Crippen LogP contribution in [0.15, 0.2) is 79.1 Å². The molecule has 0 aliphatic carbocycles. The number of anilines is 1. The smallest absolute Gasteiger partial charge is 0.295 e. The topological polar surface area (TPSA) is 115 Å². The molecule has 0 saturated carbocycles. The quantitative estimate of drug-likeness (QED) is 0.325. The minimum atomic E-state index is -0.644. The standard InChI is InChI=1S/C28H25N5O4/c1-18-17-32(27(36)19-8-3-2-4-9-19)14-15-33(18)28(37)25(34)21-16-30-24-20(21)10-7-12-22(24)31-26(35)23-11-5-6-13-29-23/h2-13,16,18,30H,14-15,17H2,1H3,(H,31,35)/t18-/m1/s1. The number of nitrogens with one attached hydrogen (secondary N) is 2. The van der Waals surface area contributed by atoms with E-state index in [0.29, 0.717) is 35.2 Å².